The van der Waals surface area contributed by atoms with Crippen molar-refractivity contribution in [3.63, 3.8) is 0 Å². The van der Waals surface area contributed by atoms with Gasteiger partial charge in [0.2, 0.25) is 0 Å². The first-order valence-corrected chi connectivity index (χ1v) is 7.41. The SMILES string of the molecule is CN(Cc1ccc(Br)cc1)C(CN)c1cccc(F)c1F. The largest absolute Gasteiger partial charge is 0.329 e. The zero-order valence-corrected chi connectivity index (χ0v) is 13.3. The molecule has 0 aliphatic rings. The van der Waals surface area contributed by atoms with Crippen molar-refractivity contribution in [2.45, 2.75) is 12.6 Å². The molecule has 0 spiro atoms. The summed E-state index contributed by atoms with van der Waals surface area (Å²) < 4.78 is 28.3. The lowest BCUT2D eigenvalue weighted by Gasteiger charge is -2.27. The van der Waals surface area contributed by atoms with Crippen LogP contribution in [-0.4, -0.2) is 18.5 Å². The molecule has 0 aliphatic carbocycles. The number of halogens is 3. The topological polar surface area (TPSA) is 29.3 Å². The zero-order chi connectivity index (χ0) is 15.4. The molecule has 0 aliphatic heterocycles. The monoisotopic (exact) mass is 354 g/mol. The molecule has 2 aromatic rings. The summed E-state index contributed by atoms with van der Waals surface area (Å²) >= 11 is 3.38. The van der Waals surface area contributed by atoms with Crippen molar-refractivity contribution in [1.82, 2.24) is 4.90 Å². The van der Waals surface area contributed by atoms with Gasteiger partial charge in [0, 0.05) is 23.1 Å². The quantitative estimate of drug-likeness (QED) is 0.883. The highest BCUT2D eigenvalue weighted by molar-refractivity contribution is 9.10. The summed E-state index contributed by atoms with van der Waals surface area (Å²) in [5, 5.41) is 0. The Morgan fingerprint density at radius 1 is 1.14 bits per heavy atom. The molecule has 0 bridgehead atoms. The molecule has 1 unspecified atom stereocenters. The van der Waals surface area contributed by atoms with Crippen molar-refractivity contribution < 1.29 is 8.78 Å². The van der Waals surface area contributed by atoms with E-state index in [1.165, 1.54) is 6.07 Å². The lowest BCUT2D eigenvalue weighted by atomic mass is 10.0. The van der Waals surface area contributed by atoms with Crippen LogP contribution in [0.4, 0.5) is 8.78 Å². The van der Waals surface area contributed by atoms with E-state index >= 15 is 0 Å². The number of benzene rings is 2. The number of rotatable bonds is 5. The van der Waals surface area contributed by atoms with Crippen LogP contribution in [0.25, 0.3) is 0 Å². The number of hydrogen-bond donors (Lipinski definition) is 1. The van der Waals surface area contributed by atoms with Gasteiger partial charge in [0.25, 0.3) is 0 Å². The molecule has 2 nitrogen and oxygen atoms in total. The first-order valence-electron chi connectivity index (χ1n) is 6.61. The molecular weight excluding hydrogens is 338 g/mol. The molecule has 2 N–H and O–H groups in total. The van der Waals surface area contributed by atoms with Crippen LogP contribution in [0.5, 0.6) is 0 Å². The van der Waals surface area contributed by atoms with Gasteiger partial charge in [0.05, 0.1) is 6.04 Å². The fourth-order valence-corrected chi connectivity index (χ4v) is 2.57. The summed E-state index contributed by atoms with van der Waals surface area (Å²) in [5.41, 5.74) is 7.13. The average molecular weight is 355 g/mol. The van der Waals surface area contributed by atoms with E-state index in [2.05, 4.69) is 15.9 Å². The van der Waals surface area contributed by atoms with Crippen molar-refractivity contribution in [2.75, 3.05) is 13.6 Å². The van der Waals surface area contributed by atoms with E-state index in [0.29, 0.717) is 6.54 Å². The number of hydrogen-bond acceptors (Lipinski definition) is 2. The Labute approximate surface area is 131 Å². The summed E-state index contributed by atoms with van der Waals surface area (Å²) in [4.78, 5) is 1.92. The third-order valence-electron chi connectivity index (χ3n) is 3.44. The van der Waals surface area contributed by atoms with Crippen LogP contribution in [0, 0.1) is 11.6 Å². The van der Waals surface area contributed by atoms with Gasteiger partial charge < -0.3 is 5.73 Å². The van der Waals surface area contributed by atoms with Crippen LogP contribution < -0.4 is 5.73 Å². The smallest absolute Gasteiger partial charge is 0.163 e. The van der Waals surface area contributed by atoms with Gasteiger partial charge in [-0.1, -0.05) is 40.2 Å². The van der Waals surface area contributed by atoms with Crippen molar-refractivity contribution >= 4 is 15.9 Å². The fraction of sp³-hybridized carbons (Fsp3) is 0.250. The van der Waals surface area contributed by atoms with Gasteiger partial charge in [-0.15, -0.1) is 0 Å². The lowest BCUT2D eigenvalue weighted by molar-refractivity contribution is 0.235. The van der Waals surface area contributed by atoms with Gasteiger partial charge in [0.15, 0.2) is 11.6 Å². The first-order chi connectivity index (χ1) is 10.0. The zero-order valence-electron chi connectivity index (χ0n) is 11.7. The molecule has 1 atom stereocenters. The van der Waals surface area contributed by atoms with E-state index in [-0.39, 0.29) is 18.2 Å². The summed E-state index contributed by atoms with van der Waals surface area (Å²) in [6.45, 7) is 0.818. The summed E-state index contributed by atoms with van der Waals surface area (Å²) in [5.74, 6) is -1.67. The van der Waals surface area contributed by atoms with Crippen molar-refractivity contribution in [2.24, 2.45) is 5.73 Å². The molecule has 2 rings (SSSR count). The highest BCUT2D eigenvalue weighted by Gasteiger charge is 2.21. The van der Waals surface area contributed by atoms with E-state index in [1.54, 1.807) is 6.07 Å². The molecule has 2 aromatic carbocycles. The number of likely N-dealkylation sites (N-methyl/N-ethyl adjacent to an activating group) is 1. The van der Waals surface area contributed by atoms with Crippen molar-refractivity contribution in [1.29, 1.82) is 0 Å². The normalized spacial score (nSPS) is 12.7. The molecule has 21 heavy (non-hydrogen) atoms. The third kappa shape index (κ3) is 3.87. The number of nitrogens with zero attached hydrogens (tertiary/aromatic N) is 1. The second kappa shape index (κ2) is 7.11. The second-order valence-electron chi connectivity index (χ2n) is 4.94. The van der Waals surface area contributed by atoms with Gasteiger partial charge >= 0.3 is 0 Å². The molecule has 0 radical (unpaired) electrons. The maximum absolute atomic E-state index is 13.9. The minimum atomic E-state index is -0.844. The maximum Gasteiger partial charge on any atom is 0.163 e. The third-order valence-corrected chi connectivity index (χ3v) is 3.97. The first kappa shape index (κ1) is 16.1. The van der Waals surface area contributed by atoms with Gasteiger partial charge in [-0.05, 0) is 30.8 Å². The second-order valence-corrected chi connectivity index (χ2v) is 5.85. The molecule has 0 saturated carbocycles. The minimum Gasteiger partial charge on any atom is -0.329 e. The summed E-state index contributed by atoms with van der Waals surface area (Å²) in [7, 11) is 1.85. The fourth-order valence-electron chi connectivity index (χ4n) is 2.31. The lowest BCUT2D eigenvalue weighted by Crippen LogP contribution is -2.31. The standard InChI is InChI=1S/C16H17BrF2N2/c1-21(10-11-5-7-12(17)8-6-11)15(9-20)13-3-2-4-14(18)16(13)19/h2-8,15H,9-10,20H2,1H3. The van der Waals surface area contributed by atoms with Crippen LogP contribution >= 0.6 is 15.9 Å². The Bertz CT molecular complexity index is 602. The van der Waals surface area contributed by atoms with Crippen LogP contribution in [0.3, 0.4) is 0 Å². The maximum atomic E-state index is 13.9. The van der Waals surface area contributed by atoms with E-state index in [4.69, 9.17) is 5.73 Å². The van der Waals surface area contributed by atoms with Crippen LogP contribution in [-0.2, 0) is 6.54 Å². The predicted octanol–water partition coefficient (Wildman–Crippen LogP) is 3.86. The van der Waals surface area contributed by atoms with Crippen molar-refractivity contribution in [3.8, 4) is 0 Å². The highest BCUT2D eigenvalue weighted by atomic mass is 79.9. The van der Waals surface area contributed by atoms with Gasteiger partial charge in [-0.3, -0.25) is 4.90 Å². The Morgan fingerprint density at radius 2 is 1.81 bits per heavy atom. The van der Waals surface area contributed by atoms with Gasteiger partial charge in [-0.2, -0.15) is 0 Å². The highest BCUT2D eigenvalue weighted by Crippen LogP contribution is 2.24. The molecule has 0 fully saturated rings. The molecule has 0 amide bonds. The average Bonchev–Trinajstić information content (AvgIpc) is 2.47. The van der Waals surface area contributed by atoms with Crippen LogP contribution in [0.2, 0.25) is 0 Å². The number of nitrogens with two attached hydrogens (primary N) is 1. The molecule has 0 aromatic heterocycles. The Morgan fingerprint density at radius 3 is 2.43 bits per heavy atom. The minimum absolute atomic E-state index is 0.216. The van der Waals surface area contributed by atoms with E-state index in [0.717, 1.165) is 16.1 Å². The van der Waals surface area contributed by atoms with Crippen LogP contribution in [0.15, 0.2) is 46.9 Å². The molecular formula is C16H17BrF2N2. The van der Waals surface area contributed by atoms with E-state index < -0.39 is 11.6 Å². The summed E-state index contributed by atoms with van der Waals surface area (Å²) in [6.07, 6.45) is 0. The Kier molecular flexibility index (Phi) is 5.45. The molecule has 0 heterocycles. The Hall–Kier alpha value is -1.30. The van der Waals surface area contributed by atoms with Gasteiger partial charge in [-0.25, -0.2) is 8.78 Å². The van der Waals surface area contributed by atoms with Crippen LogP contribution in [0.1, 0.15) is 17.2 Å². The van der Waals surface area contributed by atoms with Gasteiger partial charge in [0.1, 0.15) is 0 Å². The molecule has 0 saturated heterocycles. The summed E-state index contributed by atoms with van der Waals surface area (Å²) in [6, 6.07) is 11.7. The molecule has 5 heteroatoms. The molecule has 112 valence electrons. The van der Waals surface area contributed by atoms with E-state index in [9.17, 15) is 8.78 Å². The Balaban J connectivity index is 2.20. The van der Waals surface area contributed by atoms with Crippen molar-refractivity contribution in [3.05, 3.63) is 69.7 Å². The predicted molar refractivity (Wildman–Crippen MR) is 83.8 cm³/mol. The van der Waals surface area contributed by atoms with E-state index in [1.807, 2.05) is 36.2 Å².